The van der Waals surface area contributed by atoms with Gasteiger partial charge in [0.05, 0.1) is 5.69 Å². The third kappa shape index (κ3) is 2.74. The molecule has 1 aromatic heterocycles. The summed E-state index contributed by atoms with van der Waals surface area (Å²) in [5.74, 6) is 0.822. The fourth-order valence-corrected chi connectivity index (χ4v) is 5.71. The Kier molecular flexibility index (Phi) is 4.37. The van der Waals surface area contributed by atoms with Crippen LogP contribution in [-0.2, 0) is 0 Å². The van der Waals surface area contributed by atoms with Gasteiger partial charge in [0.15, 0.2) is 0 Å². The van der Waals surface area contributed by atoms with Crippen molar-refractivity contribution >= 4 is 44.0 Å². The van der Waals surface area contributed by atoms with Crippen molar-refractivity contribution in [3.8, 4) is 0 Å². The number of fused-ring (bicyclic) bond motifs is 3. The normalized spacial score (nSPS) is 22.4. The molecule has 2 atom stereocenters. The van der Waals surface area contributed by atoms with Crippen molar-refractivity contribution in [2.75, 3.05) is 0 Å². The van der Waals surface area contributed by atoms with Crippen LogP contribution in [-0.4, -0.2) is 4.98 Å². The maximum atomic E-state index is 4.75. The van der Waals surface area contributed by atoms with Crippen molar-refractivity contribution in [2.45, 2.75) is 39.0 Å². The summed E-state index contributed by atoms with van der Waals surface area (Å²) in [6, 6.07) is 10.8. The molecule has 140 valence electrons. The number of aromatic nitrogens is 1. The fourth-order valence-electron chi connectivity index (χ4n) is 4.89. The summed E-state index contributed by atoms with van der Waals surface area (Å²) in [6.45, 7) is 6.83. The first-order valence-electron chi connectivity index (χ1n) is 9.71. The minimum atomic E-state index is 0.379. The molecule has 0 spiro atoms. The molecule has 0 saturated carbocycles. The molecule has 0 N–H and O–H groups in total. The van der Waals surface area contributed by atoms with Crippen LogP contribution in [0.15, 0.2) is 73.3 Å². The molecule has 28 heavy (non-hydrogen) atoms. The number of nitrogens with zero attached hydrogens (tertiary/aromatic N) is 1. The summed E-state index contributed by atoms with van der Waals surface area (Å²) >= 11 is 7.26. The van der Waals surface area contributed by atoms with E-state index in [0.29, 0.717) is 11.8 Å². The van der Waals surface area contributed by atoms with Gasteiger partial charge < -0.3 is 0 Å². The second-order valence-corrected chi connectivity index (χ2v) is 9.70. The molecule has 0 bridgehead atoms. The highest BCUT2D eigenvalue weighted by Crippen LogP contribution is 2.50. The van der Waals surface area contributed by atoms with E-state index in [2.05, 4.69) is 95.1 Å². The summed E-state index contributed by atoms with van der Waals surface area (Å²) in [4.78, 5) is 4.75. The lowest BCUT2D eigenvalue weighted by Crippen LogP contribution is -2.10. The van der Waals surface area contributed by atoms with Gasteiger partial charge in [-0.1, -0.05) is 58.8 Å². The highest BCUT2D eigenvalue weighted by molar-refractivity contribution is 9.10. The number of rotatable bonds is 2. The molecule has 3 aliphatic carbocycles. The zero-order chi connectivity index (χ0) is 19.6. The SMILES string of the molecule is CC1=Cc2c(Br)cccc2C1CC1=C(C)C=C2C1=Cc1nc(Br)ccc1C2C. The van der Waals surface area contributed by atoms with Crippen LogP contribution in [0, 0.1) is 0 Å². The van der Waals surface area contributed by atoms with Crippen LogP contribution in [0.25, 0.3) is 12.2 Å². The van der Waals surface area contributed by atoms with Gasteiger partial charge in [-0.3, -0.25) is 0 Å². The Balaban J connectivity index is 1.56. The molecular formula is C25H21Br2N. The molecule has 0 radical (unpaired) electrons. The van der Waals surface area contributed by atoms with E-state index in [1.54, 1.807) is 0 Å². The Hall–Kier alpha value is -1.71. The molecule has 3 heteroatoms. The van der Waals surface area contributed by atoms with E-state index >= 15 is 0 Å². The van der Waals surface area contributed by atoms with Crippen LogP contribution < -0.4 is 0 Å². The Morgan fingerprint density at radius 2 is 1.79 bits per heavy atom. The van der Waals surface area contributed by atoms with Crippen molar-refractivity contribution in [3.63, 3.8) is 0 Å². The number of halogens is 2. The molecule has 0 saturated heterocycles. The van der Waals surface area contributed by atoms with Gasteiger partial charge in [-0.25, -0.2) is 4.98 Å². The van der Waals surface area contributed by atoms with Crippen LogP contribution in [0.3, 0.4) is 0 Å². The van der Waals surface area contributed by atoms with Crippen LogP contribution in [0.1, 0.15) is 61.4 Å². The second kappa shape index (κ2) is 6.67. The summed E-state index contributed by atoms with van der Waals surface area (Å²) in [6.07, 6.45) is 8.08. The first kappa shape index (κ1) is 18.3. The molecule has 0 amide bonds. The number of benzene rings is 1. The van der Waals surface area contributed by atoms with Crippen molar-refractivity contribution < 1.29 is 0 Å². The zero-order valence-electron chi connectivity index (χ0n) is 16.2. The van der Waals surface area contributed by atoms with Crippen molar-refractivity contribution in [2.24, 2.45) is 0 Å². The van der Waals surface area contributed by atoms with Gasteiger partial charge in [0.2, 0.25) is 0 Å². The van der Waals surface area contributed by atoms with Crippen LogP contribution >= 0.6 is 31.9 Å². The minimum absolute atomic E-state index is 0.379. The lowest BCUT2D eigenvalue weighted by Gasteiger charge is -2.26. The van der Waals surface area contributed by atoms with Gasteiger partial charge in [-0.15, -0.1) is 0 Å². The van der Waals surface area contributed by atoms with Gasteiger partial charge in [-0.2, -0.15) is 0 Å². The molecule has 1 nitrogen and oxygen atoms in total. The van der Waals surface area contributed by atoms with Crippen LogP contribution in [0.2, 0.25) is 0 Å². The van der Waals surface area contributed by atoms with E-state index in [1.165, 1.54) is 49.0 Å². The summed E-state index contributed by atoms with van der Waals surface area (Å²) in [5, 5.41) is 0. The molecule has 1 heterocycles. The lowest BCUT2D eigenvalue weighted by molar-refractivity contribution is 0.792. The van der Waals surface area contributed by atoms with Crippen LogP contribution in [0.4, 0.5) is 0 Å². The summed E-state index contributed by atoms with van der Waals surface area (Å²) in [7, 11) is 0. The molecule has 0 fully saturated rings. The monoisotopic (exact) mass is 493 g/mol. The quantitative estimate of drug-likeness (QED) is 0.386. The average molecular weight is 495 g/mol. The molecule has 1 aromatic carbocycles. The van der Waals surface area contributed by atoms with E-state index in [-0.39, 0.29) is 0 Å². The van der Waals surface area contributed by atoms with Gasteiger partial charge in [-0.05, 0) is 93.4 Å². The standard InChI is InChI=1S/C25H21Br2N/c1-13-9-20-15(3)16-7-8-25(27)28-24(16)12-21(20)19(13)11-18-14(2)10-22-17(18)5-4-6-23(22)26/h4-10,12,15,18H,11H2,1-3H3. The zero-order valence-corrected chi connectivity index (χ0v) is 19.4. The van der Waals surface area contributed by atoms with E-state index in [1.807, 2.05) is 6.07 Å². The van der Waals surface area contributed by atoms with Gasteiger partial charge in [0, 0.05) is 16.3 Å². The predicted octanol–water partition coefficient (Wildman–Crippen LogP) is 7.95. The van der Waals surface area contributed by atoms with E-state index in [0.717, 1.165) is 16.7 Å². The van der Waals surface area contributed by atoms with Gasteiger partial charge >= 0.3 is 0 Å². The molecular weight excluding hydrogens is 474 g/mol. The Bertz CT molecular complexity index is 1150. The summed E-state index contributed by atoms with van der Waals surface area (Å²) < 4.78 is 2.09. The van der Waals surface area contributed by atoms with E-state index in [4.69, 9.17) is 4.98 Å². The van der Waals surface area contributed by atoms with Crippen LogP contribution in [0.5, 0.6) is 0 Å². The fraction of sp³-hybridized carbons (Fsp3) is 0.240. The van der Waals surface area contributed by atoms with Crippen molar-refractivity contribution in [1.82, 2.24) is 4.98 Å². The number of allylic oxidation sites excluding steroid dienone is 6. The third-order valence-electron chi connectivity index (χ3n) is 6.41. The van der Waals surface area contributed by atoms with Crippen molar-refractivity contribution in [3.05, 3.63) is 95.7 Å². The maximum Gasteiger partial charge on any atom is 0.106 e. The van der Waals surface area contributed by atoms with Crippen molar-refractivity contribution in [1.29, 1.82) is 0 Å². The number of pyridine rings is 1. The minimum Gasteiger partial charge on any atom is -0.241 e. The highest BCUT2D eigenvalue weighted by Gasteiger charge is 2.33. The largest absolute Gasteiger partial charge is 0.241 e. The third-order valence-corrected chi connectivity index (χ3v) is 7.55. The summed E-state index contributed by atoms with van der Waals surface area (Å²) in [5.41, 5.74) is 12.3. The maximum absolute atomic E-state index is 4.75. The smallest absolute Gasteiger partial charge is 0.106 e. The Labute approximate surface area is 183 Å². The first-order chi connectivity index (χ1) is 13.4. The number of hydrogen-bond donors (Lipinski definition) is 0. The average Bonchev–Trinajstić information content (AvgIpc) is 3.14. The molecule has 3 aliphatic rings. The van der Waals surface area contributed by atoms with E-state index in [9.17, 15) is 0 Å². The molecule has 0 aliphatic heterocycles. The lowest BCUT2D eigenvalue weighted by atomic mass is 9.79. The van der Waals surface area contributed by atoms with Gasteiger partial charge in [0.1, 0.15) is 4.60 Å². The van der Waals surface area contributed by atoms with E-state index < -0.39 is 0 Å². The highest BCUT2D eigenvalue weighted by atomic mass is 79.9. The predicted molar refractivity (Wildman–Crippen MR) is 124 cm³/mol. The Morgan fingerprint density at radius 3 is 2.61 bits per heavy atom. The van der Waals surface area contributed by atoms with Gasteiger partial charge in [0.25, 0.3) is 0 Å². The topological polar surface area (TPSA) is 12.9 Å². The first-order valence-corrected chi connectivity index (χ1v) is 11.3. The molecule has 2 aromatic rings. The number of hydrogen-bond acceptors (Lipinski definition) is 1. The molecule has 2 unspecified atom stereocenters. The molecule has 5 rings (SSSR count). The second-order valence-electron chi connectivity index (χ2n) is 8.04. The Morgan fingerprint density at radius 1 is 0.964 bits per heavy atom.